The Hall–Kier alpha value is -2.70. The number of benzene rings is 2. The van der Waals surface area contributed by atoms with Crippen molar-refractivity contribution in [2.24, 2.45) is 5.92 Å². The Kier molecular flexibility index (Phi) is 8.20. The van der Waals surface area contributed by atoms with Gasteiger partial charge in [0.1, 0.15) is 6.61 Å². The molecule has 0 atom stereocenters. The van der Waals surface area contributed by atoms with E-state index < -0.39 is 5.97 Å². The molecule has 7 heteroatoms. The molecule has 1 N–H and O–H groups in total. The summed E-state index contributed by atoms with van der Waals surface area (Å²) in [7, 11) is 2.20. The highest BCUT2D eigenvalue weighted by molar-refractivity contribution is 5.99. The average molecular weight is 539 g/mol. The molecule has 1 aromatic heterocycles. The largest absolute Gasteiger partial charge is 0.490 e. The van der Waals surface area contributed by atoms with Crippen molar-refractivity contribution in [3.05, 3.63) is 47.5 Å². The molecular formula is C31H39ClN2O4. The van der Waals surface area contributed by atoms with Gasteiger partial charge in [-0.25, -0.2) is 4.79 Å². The third kappa shape index (κ3) is 5.13. The molecule has 2 fully saturated rings. The first kappa shape index (κ1) is 26.9. The molecule has 0 amide bonds. The smallest absolute Gasteiger partial charge is 0.335 e. The quantitative estimate of drug-likeness (QED) is 0.367. The molecule has 38 heavy (non-hydrogen) atoms. The lowest BCUT2D eigenvalue weighted by Crippen LogP contribution is -2.30. The number of likely N-dealkylation sites (tertiary alicyclic amines) is 1. The van der Waals surface area contributed by atoms with Gasteiger partial charge in [-0.15, -0.1) is 12.4 Å². The topological polar surface area (TPSA) is 63.9 Å². The van der Waals surface area contributed by atoms with E-state index in [2.05, 4.69) is 28.6 Å². The molecule has 1 saturated carbocycles. The zero-order valence-corrected chi connectivity index (χ0v) is 23.1. The summed E-state index contributed by atoms with van der Waals surface area (Å²) in [5, 5.41) is 10.9. The van der Waals surface area contributed by atoms with Crippen molar-refractivity contribution in [2.75, 3.05) is 33.4 Å². The lowest BCUT2D eigenvalue weighted by Gasteiger charge is -2.28. The monoisotopic (exact) mass is 538 g/mol. The van der Waals surface area contributed by atoms with E-state index in [1.54, 1.807) is 6.07 Å². The first-order valence-electron chi connectivity index (χ1n) is 14.1. The van der Waals surface area contributed by atoms with Crippen molar-refractivity contribution in [2.45, 2.75) is 63.8 Å². The maximum Gasteiger partial charge on any atom is 0.335 e. The standard InChI is InChI=1S/C31H38N2O4.ClH/c1-32-15-12-21(13-16-32)14-18-36-27-9-5-8-25-29-28(22-6-3-2-4-7-22)24-11-10-23(31(34)35)20-26(24)33(29)17-19-37-30(25)27;/h5,8-11,20-22H,2-4,6-7,12-19H2,1H3,(H,34,35);1H. The summed E-state index contributed by atoms with van der Waals surface area (Å²) in [6, 6.07) is 11.9. The number of hydrogen-bond donors (Lipinski definition) is 1. The van der Waals surface area contributed by atoms with Crippen molar-refractivity contribution in [3.8, 4) is 22.8 Å². The van der Waals surface area contributed by atoms with Crippen molar-refractivity contribution in [1.29, 1.82) is 0 Å². The molecule has 3 aliphatic rings. The van der Waals surface area contributed by atoms with Crippen LogP contribution in [-0.4, -0.2) is 53.9 Å². The van der Waals surface area contributed by atoms with Crippen molar-refractivity contribution < 1.29 is 19.4 Å². The predicted octanol–water partition coefficient (Wildman–Crippen LogP) is 6.98. The highest BCUT2D eigenvalue weighted by Crippen LogP contribution is 2.49. The second-order valence-electron chi connectivity index (χ2n) is 11.2. The number of carbonyl (C=O) groups is 1. The number of ether oxygens (including phenoxy) is 2. The lowest BCUT2D eigenvalue weighted by atomic mass is 9.81. The SMILES string of the molecule is CN1CCC(CCOc2cccc3c2OCCn2c-3c(C3CCCCC3)c3ccc(C(=O)O)cc32)CC1.Cl. The highest BCUT2D eigenvalue weighted by atomic mass is 35.5. The van der Waals surface area contributed by atoms with E-state index >= 15 is 0 Å². The first-order valence-corrected chi connectivity index (χ1v) is 14.1. The van der Waals surface area contributed by atoms with Gasteiger partial charge in [0.2, 0.25) is 0 Å². The van der Waals surface area contributed by atoms with Crippen LogP contribution in [0.3, 0.4) is 0 Å². The Morgan fingerprint density at radius 1 is 1.05 bits per heavy atom. The Balaban J connectivity index is 0.00000294. The molecule has 3 heterocycles. The summed E-state index contributed by atoms with van der Waals surface area (Å²) in [4.78, 5) is 14.2. The molecule has 2 aromatic carbocycles. The Bertz CT molecular complexity index is 1290. The van der Waals surface area contributed by atoms with E-state index in [-0.39, 0.29) is 12.4 Å². The lowest BCUT2D eigenvalue weighted by molar-refractivity contribution is 0.0697. The Morgan fingerprint density at radius 3 is 2.61 bits per heavy atom. The molecule has 6 rings (SSSR count). The molecule has 1 saturated heterocycles. The van der Waals surface area contributed by atoms with Crippen LogP contribution in [0.25, 0.3) is 22.2 Å². The van der Waals surface area contributed by atoms with Gasteiger partial charge in [-0.05, 0) is 93.9 Å². The fourth-order valence-electron chi connectivity index (χ4n) is 6.73. The number of aromatic carboxylic acids is 1. The van der Waals surface area contributed by atoms with E-state index in [9.17, 15) is 9.90 Å². The Morgan fingerprint density at radius 2 is 1.84 bits per heavy atom. The molecule has 6 nitrogen and oxygen atoms in total. The summed E-state index contributed by atoms with van der Waals surface area (Å²) in [5.41, 5.74) is 4.96. The van der Waals surface area contributed by atoms with E-state index in [1.165, 1.54) is 74.7 Å². The average Bonchev–Trinajstić information content (AvgIpc) is 3.11. The van der Waals surface area contributed by atoms with Crippen LogP contribution in [0.5, 0.6) is 11.5 Å². The second kappa shape index (κ2) is 11.6. The number of fused-ring (bicyclic) bond motifs is 5. The first-order chi connectivity index (χ1) is 18.1. The van der Waals surface area contributed by atoms with E-state index in [0.717, 1.165) is 34.9 Å². The van der Waals surface area contributed by atoms with E-state index in [0.29, 0.717) is 31.2 Å². The number of hydrogen-bond acceptors (Lipinski definition) is 4. The molecule has 0 radical (unpaired) electrons. The highest BCUT2D eigenvalue weighted by Gasteiger charge is 2.30. The van der Waals surface area contributed by atoms with Gasteiger partial charge in [-0.1, -0.05) is 31.4 Å². The minimum absolute atomic E-state index is 0. The number of nitrogens with zero attached hydrogens (tertiary/aromatic N) is 2. The van der Waals surface area contributed by atoms with Crippen LogP contribution >= 0.6 is 12.4 Å². The minimum Gasteiger partial charge on any atom is -0.490 e. The predicted molar refractivity (Wildman–Crippen MR) is 153 cm³/mol. The maximum absolute atomic E-state index is 11.8. The number of rotatable bonds is 6. The van der Waals surface area contributed by atoms with Gasteiger partial charge < -0.3 is 24.0 Å². The number of aromatic nitrogens is 1. The summed E-state index contributed by atoms with van der Waals surface area (Å²) in [6.45, 7) is 4.26. The normalized spacial score (nSPS) is 18.7. The third-order valence-corrected chi connectivity index (χ3v) is 8.78. The molecule has 0 spiro atoms. The van der Waals surface area contributed by atoms with E-state index in [1.807, 2.05) is 18.2 Å². The molecule has 3 aromatic rings. The van der Waals surface area contributed by atoms with Crippen LogP contribution in [0.15, 0.2) is 36.4 Å². The second-order valence-corrected chi connectivity index (χ2v) is 11.2. The molecule has 0 unspecified atom stereocenters. The molecular weight excluding hydrogens is 500 g/mol. The van der Waals surface area contributed by atoms with Crippen LogP contribution in [-0.2, 0) is 6.54 Å². The fourth-order valence-corrected chi connectivity index (χ4v) is 6.73. The zero-order valence-electron chi connectivity index (χ0n) is 22.3. The maximum atomic E-state index is 11.8. The van der Waals surface area contributed by atoms with Gasteiger partial charge in [-0.2, -0.15) is 0 Å². The number of para-hydroxylation sites is 1. The van der Waals surface area contributed by atoms with Gasteiger partial charge in [-0.3, -0.25) is 0 Å². The zero-order chi connectivity index (χ0) is 25.4. The summed E-state index contributed by atoms with van der Waals surface area (Å²) < 4.78 is 15.1. The van der Waals surface area contributed by atoms with Gasteiger partial charge >= 0.3 is 5.97 Å². The van der Waals surface area contributed by atoms with Gasteiger partial charge in [0.25, 0.3) is 0 Å². The van der Waals surface area contributed by atoms with Crippen molar-refractivity contribution in [3.63, 3.8) is 0 Å². The third-order valence-electron chi connectivity index (χ3n) is 8.78. The molecule has 2 aliphatic heterocycles. The van der Waals surface area contributed by atoms with Crippen LogP contribution in [0.1, 0.15) is 73.2 Å². The summed E-state index contributed by atoms with van der Waals surface area (Å²) in [6.07, 6.45) is 9.69. The van der Waals surface area contributed by atoms with Gasteiger partial charge in [0.15, 0.2) is 11.5 Å². The molecule has 1 aliphatic carbocycles. The number of carboxylic acids is 1. The molecule has 0 bridgehead atoms. The number of carboxylic acid groups (broad SMARTS) is 1. The van der Waals surface area contributed by atoms with Crippen LogP contribution < -0.4 is 9.47 Å². The van der Waals surface area contributed by atoms with Crippen molar-refractivity contribution >= 4 is 29.3 Å². The van der Waals surface area contributed by atoms with Crippen LogP contribution in [0.4, 0.5) is 0 Å². The van der Waals surface area contributed by atoms with Crippen LogP contribution in [0, 0.1) is 5.92 Å². The van der Waals surface area contributed by atoms with Crippen molar-refractivity contribution in [1.82, 2.24) is 9.47 Å². The Labute approximate surface area is 231 Å². The van der Waals surface area contributed by atoms with Crippen LogP contribution in [0.2, 0.25) is 0 Å². The summed E-state index contributed by atoms with van der Waals surface area (Å²) >= 11 is 0. The summed E-state index contributed by atoms with van der Waals surface area (Å²) in [5.74, 6) is 1.97. The number of piperidine rings is 1. The van der Waals surface area contributed by atoms with Gasteiger partial charge in [0.05, 0.1) is 24.4 Å². The number of halogens is 1. The van der Waals surface area contributed by atoms with E-state index in [4.69, 9.17) is 9.47 Å². The van der Waals surface area contributed by atoms with Gasteiger partial charge in [0, 0.05) is 16.5 Å². The molecule has 204 valence electrons. The minimum atomic E-state index is -0.887. The fraction of sp³-hybridized carbons (Fsp3) is 0.516.